The van der Waals surface area contributed by atoms with Gasteiger partial charge < -0.3 is 15.2 Å². The highest BCUT2D eigenvalue weighted by Crippen LogP contribution is 2.23. The monoisotopic (exact) mass is 505 g/mol. The maximum absolute atomic E-state index is 12.2. The zero-order valence-corrected chi connectivity index (χ0v) is 19.2. The number of rotatable bonds is 4. The van der Waals surface area contributed by atoms with Gasteiger partial charge in [-0.1, -0.05) is 0 Å². The van der Waals surface area contributed by atoms with Crippen LogP contribution in [0.3, 0.4) is 0 Å². The molecule has 9 heteroatoms. The van der Waals surface area contributed by atoms with Crippen LogP contribution in [0, 0.1) is 0 Å². The Kier molecular flexibility index (Phi) is 7.12. The molecular formula is C18H28IN5O2S. The maximum Gasteiger partial charge on any atom is 0.194 e. The molecule has 3 heterocycles. The molecule has 7 nitrogen and oxygen atoms in total. The molecule has 0 spiro atoms. The van der Waals surface area contributed by atoms with Gasteiger partial charge in [-0.2, -0.15) is 0 Å². The third kappa shape index (κ3) is 4.74. The third-order valence-corrected chi connectivity index (χ3v) is 7.39. The maximum atomic E-state index is 12.2. The van der Waals surface area contributed by atoms with Gasteiger partial charge in [-0.15, -0.1) is 24.0 Å². The Bertz CT molecular complexity index is 907. The second kappa shape index (κ2) is 8.76. The molecule has 0 aromatic carbocycles. The number of nitrogens with one attached hydrogen (secondary N) is 2. The molecule has 1 saturated heterocycles. The standard InChI is InChI=1S/C18H27N5O2S.HI/c1-4-19-17(23-10-11-26(24,25)18(2,3)13-23)21-9-7-14-12-22-16-15(14)6-5-8-20-16;/h5-6,8,12H,4,7,9-11,13H2,1-3H3,(H,19,21)(H,20,22);1H. The number of guanidine groups is 1. The van der Waals surface area contributed by atoms with Gasteiger partial charge in [0.05, 0.1) is 10.5 Å². The number of fused-ring (bicyclic) bond motifs is 1. The number of aliphatic imine (C=N–C) groups is 1. The van der Waals surface area contributed by atoms with Crippen LogP contribution in [0.4, 0.5) is 0 Å². The lowest BCUT2D eigenvalue weighted by Crippen LogP contribution is -2.57. The van der Waals surface area contributed by atoms with Crippen molar-refractivity contribution >= 4 is 50.8 Å². The molecule has 3 rings (SSSR count). The number of halogens is 1. The minimum absolute atomic E-state index is 0. The van der Waals surface area contributed by atoms with Crippen molar-refractivity contribution in [2.75, 3.05) is 31.9 Å². The van der Waals surface area contributed by atoms with Gasteiger partial charge in [-0.05, 0) is 44.9 Å². The number of hydrogen-bond acceptors (Lipinski definition) is 4. The van der Waals surface area contributed by atoms with Gasteiger partial charge in [0.25, 0.3) is 0 Å². The number of sulfone groups is 1. The summed E-state index contributed by atoms with van der Waals surface area (Å²) in [6.45, 7) is 7.92. The minimum Gasteiger partial charge on any atom is -0.357 e. The Labute approximate surface area is 178 Å². The van der Waals surface area contributed by atoms with Gasteiger partial charge in [0.15, 0.2) is 15.8 Å². The molecule has 1 fully saturated rings. The molecular weight excluding hydrogens is 477 g/mol. The third-order valence-electron chi connectivity index (χ3n) is 4.86. The predicted molar refractivity (Wildman–Crippen MR) is 121 cm³/mol. The smallest absolute Gasteiger partial charge is 0.194 e. The summed E-state index contributed by atoms with van der Waals surface area (Å²) in [5.74, 6) is 0.951. The predicted octanol–water partition coefficient (Wildman–Crippen LogP) is 2.20. The Morgan fingerprint density at radius 2 is 2.22 bits per heavy atom. The number of aromatic amines is 1. The summed E-state index contributed by atoms with van der Waals surface area (Å²) in [5.41, 5.74) is 2.08. The molecule has 0 aliphatic carbocycles. The van der Waals surface area contributed by atoms with E-state index < -0.39 is 14.6 Å². The Morgan fingerprint density at radius 3 is 2.93 bits per heavy atom. The number of aromatic nitrogens is 2. The van der Waals surface area contributed by atoms with Gasteiger partial charge >= 0.3 is 0 Å². The fraction of sp³-hybridized carbons (Fsp3) is 0.556. The quantitative estimate of drug-likeness (QED) is 0.378. The van der Waals surface area contributed by atoms with Crippen molar-refractivity contribution in [3.05, 3.63) is 30.1 Å². The van der Waals surface area contributed by atoms with Crippen LogP contribution in [-0.4, -0.2) is 65.9 Å². The summed E-state index contributed by atoms with van der Waals surface area (Å²) in [7, 11) is -3.06. The van der Waals surface area contributed by atoms with Crippen LogP contribution in [0.1, 0.15) is 26.3 Å². The second-order valence-corrected chi connectivity index (χ2v) is 9.94. The van der Waals surface area contributed by atoms with Crippen LogP contribution in [-0.2, 0) is 16.3 Å². The van der Waals surface area contributed by atoms with E-state index in [1.54, 1.807) is 20.0 Å². The fourth-order valence-corrected chi connectivity index (χ4v) is 4.62. The molecule has 2 N–H and O–H groups in total. The Morgan fingerprint density at radius 1 is 1.44 bits per heavy atom. The van der Waals surface area contributed by atoms with Crippen LogP contribution in [0.5, 0.6) is 0 Å². The molecule has 0 bridgehead atoms. The van der Waals surface area contributed by atoms with Crippen LogP contribution in [0.2, 0.25) is 0 Å². The van der Waals surface area contributed by atoms with Crippen LogP contribution in [0.15, 0.2) is 29.5 Å². The molecule has 150 valence electrons. The first-order valence-electron chi connectivity index (χ1n) is 9.00. The van der Waals surface area contributed by atoms with E-state index in [9.17, 15) is 8.42 Å². The van der Waals surface area contributed by atoms with E-state index in [-0.39, 0.29) is 29.7 Å². The van der Waals surface area contributed by atoms with Gasteiger partial charge in [0, 0.05) is 44.0 Å². The van der Waals surface area contributed by atoms with Gasteiger partial charge in [0.2, 0.25) is 0 Å². The van der Waals surface area contributed by atoms with Crippen molar-refractivity contribution in [1.82, 2.24) is 20.2 Å². The van der Waals surface area contributed by atoms with Crippen LogP contribution < -0.4 is 5.32 Å². The molecule has 0 radical (unpaired) electrons. The Balaban J connectivity index is 0.00000261. The number of nitrogens with zero attached hydrogens (tertiary/aromatic N) is 3. The van der Waals surface area contributed by atoms with E-state index in [1.807, 2.05) is 19.2 Å². The lowest BCUT2D eigenvalue weighted by atomic mass is 10.1. The number of hydrogen-bond donors (Lipinski definition) is 2. The van der Waals surface area contributed by atoms with E-state index >= 15 is 0 Å². The summed E-state index contributed by atoms with van der Waals surface area (Å²) in [4.78, 5) is 14.3. The molecule has 27 heavy (non-hydrogen) atoms. The van der Waals surface area contributed by atoms with E-state index in [0.29, 0.717) is 19.6 Å². The zero-order valence-electron chi connectivity index (χ0n) is 16.0. The first kappa shape index (κ1) is 21.9. The van der Waals surface area contributed by atoms with Crippen molar-refractivity contribution < 1.29 is 8.42 Å². The lowest BCUT2D eigenvalue weighted by Gasteiger charge is -2.39. The van der Waals surface area contributed by atoms with Crippen molar-refractivity contribution in [3.63, 3.8) is 0 Å². The van der Waals surface area contributed by atoms with Crippen LogP contribution >= 0.6 is 24.0 Å². The van der Waals surface area contributed by atoms with Gasteiger partial charge in [-0.3, -0.25) is 4.99 Å². The zero-order chi connectivity index (χ0) is 18.8. The largest absolute Gasteiger partial charge is 0.357 e. The van der Waals surface area contributed by atoms with Crippen LogP contribution in [0.25, 0.3) is 11.0 Å². The van der Waals surface area contributed by atoms with E-state index in [4.69, 9.17) is 4.99 Å². The molecule has 2 aromatic heterocycles. The van der Waals surface area contributed by atoms with E-state index in [0.717, 1.165) is 30.0 Å². The molecule has 1 aliphatic rings. The normalized spacial score (nSPS) is 18.9. The molecule has 0 atom stereocenters. The summed E-state index contributed by atoms with van der Waals surface area (Å²) in [5, 5.41) is 4.42. The van der Waals surface area contributed by atoms with Crippen molar-refractivity contribution in [2.45, 2.75) is 31.9 Å². The van der Waals surface area contributed by atoms with Crippen molar-refractivity contribution in [3.8, 4) is 0 Å². The SMILES string of the molecule is CCNC(=NCCc1c[nH]c2ncccc12)N1CCS(=O)(=O)C(C)(C)C1.I. The summed E-state index contributed by atoms with van der Waals surface area (Å²) in [6.07, 6.45) is 4.56. The summed E-state index contributed by atoms with van der Waals surface area (Å²) >= 11 is 0. The van der Waals surface area contributed by atoms with Gasteiger partial charge in [-0.25, -0.2) is 13.4 Å². The molecule has 0 amide bonds. The number of H-pyrrole nitrogens is 1. The second-order valence-electron chi connectivity index (χ2n) is 7.20. The number of pyridine rings is 1. The Hall–Kier alpha value is -1.36. The fourth-order valence-electron chi connectivity index (χ4n) is 3.25. The highest BCUT2D eigenvalue weighted by Gasteiger charge is 2.40. The average molecular weight is 505 g/mol. The summed E-state index contributed by atoms with van der Waals surface area (Å²) < 4.78 is 23.7. The highest BCUT2D eigenvalue weighted by molar-refractivity contribution is 14.0. The summed E-state index contributed by atoms with van der Waals surface area (Å²) in [6, 6.07) is 3.99. The minimum atomic E-state index is -3.06. The van der Waals surface area contributed by atoms with E-state index in [1.165, 1.54) is 5.56 Å². The van der Waals surface area contributed by atoms with E-state index in [2.05, 4.69) is 26.3 Å². The first-order chi connectivity index (χ1) is 12.3. The lowest BCUT2D eigenvalue weighted by molar-refractivity contribution is 0.353. The molecule has 1 aliphatic heterocycles. The highest BCUT2D eigenvalue weighted by atomic mass is 127. The van der Waals surface area contributed by atoms with Crippen molar-refractivity contribution in [2.24, 2.45) is 4.99 Å². The molecule has 0 saturated carbocycles. The van der Waals surface area contributed by atoms with Crippen molar-refractivity contribution in [1.29, 1.82) is 0 Å². The molecule has 2 aromatic rings. The average Bonchev–Trinajstić information content (AvgIpc) is 3.00. The topological polar surface area (TPSA) is 90.4 Å². The molecule has 0 unspecified atom stereocenters. The first-order valence-corrected chi connectivity index (χ1v) is 10.7. The van der Waals surface area contributed by atoms with Gasteiger partial charge in [0.1, 0.15) is 5.65 Å².